The molecule has 2 N–H and O–H groups in total. The lowest BCUT2D eigenvalue weighted by Gasteiger charge is -2.32. The van der Waals surface area contributed by atoms with Crippen LogP contribution in [0.15, 0.2) is 28.7 Å². The van der Waals surface area contributed by atoms with E-state index in [1.807, 2.05) is 12.1 Å². The van der Waals surface area contributed by atoms with E-state index in [4.69, 9.17) is 5.73 Å². The Balaban J connectivity index is 2.87. The van der Waals surface area contributed by atoms with Crippen molar-refractivity contribution < 1.29 is 0 Å². The summed E-state index contributed by atoms with van der Waals surface area (Å²) in [6.45, 7) is 5.08. The van der Waals surface area contributed by atoms with Crippen LogP contribution >= 0.6 is 15.9 Å². The summed E-state index contributed by atoms with van der Waals surface area (Å²) in [7, 11) is 2.10. The van der Waals surface area contributed by atoms with Crippen LogP contribution in [0, 0.1) is 5.92 Å². The van der Waals surface area contributed by atoms with Crippen molar-refractivity contribution in [2.45, 2.75) is 19.9 Å². The van der Waals surface area contributed by atoms with Crippen molar-refractivity contribution in [1.82, 2.24) is 0 Å². The molecule has 1 unspecified atom stereocenters. The summed E-state index contributed by atoms with van der Waals surface area (Å²) in [4.78, 5) is 2.25. The molecule has 0 bridgehead atoms. The first-order chi connectivity index (χ1) is 7.06. The van der Waals surface area contributed by atoms with Crippen molar-refractivity contribution in [1.29, 1.82) is 0 Å². The summed E-state index contributed by atoms with van der Waals surface area (Å²) in [6, 6.07) is 8.69. The van der Waals surface area contributed by atoms with Crippen LogP contribution < -0.4 is 10.6 Å². The molecule has 0 spiro atoms. The molecule has 0 aromatic heterocycles. The monoisotopic (exact) mass is 270 g/mol. The zero-order valence-corrected chi connectivity index (χ0v) is 11.2. The van der Waals surface area contributed by atoms with Crippen LogP contribution in [0.4, 0.5) is 5.69 Å². The molecule has 2 nitrogen and oxygen atoms in total. The van der Waals surface area contributed by atoms with Gasteiger partial charge in [-0.2, -0.15) is 0 Å². The Kier molecular flexibility index (Phi) is 4.61. The summed E-state index contributed by atoms with van der Waals surface area (Å²) >= 11 is 3.48. The van der Waals surface area contributed by atoms with Crippen molar-refractivity contribution in [3.63, 3.8) is 0 Å². The third-order valence-corrected chi connectivity index (χ3v) is 3.22. The average Bonchev–Trinajstić information content (AvgIpc) is 2.18. The van der Waals surface area contributed by atoms with E-state index in [0.717, 1.165) is 4.47 Å². The van der Waals surface area contributed by atoms with Crippen molar-refractivity contribution >= 4 is 21.6 Å². The molecule has 0 aliphatic carbocycles. The van der Waals surface area contributed by atoms with Gasteiger partial charge in [-0.25, -0.2) is 0 Å². The second-order valence-electron chi connectivity index (χ2n) is 4.14. The predicted molar refractivity (Wildman–Crippen MR) is 70.2 cm³/mol. The fraction of sp³-hybridized carbons (Fsp3) is 0.500. The molecule has 3 heteroatoms. The summed E-state index contributed by atoms with van der Waals surface area (Å²) in [5, 5.41) is 0. The number of anilines is 1. The van der Waals surface area contributed by atoms with Crippen LogP contribution in [0.1, 0.15) is 13.8 Å². The Bertz CT molecular complexity index is 312. The lowest BCUT2D eigenvalue weighted by molar-refractivity contribution is 0.480. The van der Waals surface area contributed by atoms with E-state index >= 15 is 0 Å². The Morgan fingerprint density at radius 2 is 2.07 bits per heavy atom. The maximum Gasteiger partial charge on any atom is 0.0431 e. The molecule has 0 aliphatic rings. The largest absolute Gasteiger partial charge is 0.370 e. The normalized spacial score (nSPS) is 12.9. The lowest BCUT2D eigenvalue weighted by Crippen LogP contribution is -2.41. The molecule has 1 atom stereocenters. The van der Waals surface area contributed by atoms with E-state index in [0.29, 0.717) is 18.5 Å². The fourth-order valence-electron chi connectivity index (χ4n) is 1.76. The van der Waals surface area contributed by atoms with Crippen molar-refractivity contribution in [2.24, 2.45) is 11.7 Å². The summed E-state index contributed by atoms with van der Waals surface area (Å²) < 4.78 is 1.10. The fourth-order valence-corrected chi connectivity index (χ4v) is 2.15. The molecule has 0 aliphatic heterocycles. The lowest BCUT2D eigenvalue weighted by atomic mass is 10.0. The van der Waals surface area contributed by atoms with Gasteiger partial charge in [0.15, 0.2) is 0 Å². The Labute approximate surface area is 101 Å². The number of benzene rings is 1. The highest BCUT2D eigenvalue weighted by molar-refractivity contribution is 9.10. The zero-order valence-electron chi connectivity index (χ0n) is 9.57. The van der Waals surface area contributed by atoms with Crippen LogP contribution in [0.25, 0.3) is 0 Å². The topological polar surface area (TPSA) is 29.3 Å². The second-order valence-corrected chi connectivity index (χ2v) is 5.05. The molecular weight excluding hydrogens is 252 g/mol. The third kappa shape index (κ3) is 3.21. The molecule has 0 radical (unpaired) electrons. The molecule has 1 aromatic rings. The van der Waals surface area contributed by atoms with Crippen molar-refractivity contribution in [3.05, 3.63) is 28.7 Å². The molecule has 0 fully saturated rings. The van der Waals surface area contributed by atoms with Crippen molar-refractivity contribution in [3.8, 4) is 0 Å². The van der Waals surface area contributed by atoms with Crippen LogP contribution in [0.5, 0.6) is 0 Å². The molecule has 0 heterocycles. The Morgan fingerprint density at radius 1 is 1.40 bits per heavy atom. The van der Waals surface area contributed by atoms with Gasteiger partial charge in [0.25, 0.3) is 0 Å². The van der Waals surface area contributed by atoms with Gasteiger partial charge < -0.3 is 10.6 Å². The van der Waals surface area contributed by atoms with Gasteiger partial charge in [0.1, 0.15) is 0 Å². The molecular formula is C12H19BrN2. The van der Waals surface area contributed by atoms with E-state index in [-0.39, 0.29) is 0 Å². The number of hydrogen-bond donors (Lipinski definition) is 1. The number of hydrogen-bond acceptors (Lipinski definition) is 2. The van der Waals surface area contributed by atoms with Gasteiger partial charge >= 0.3 is 0 Å². The van der Waals surface area contributed by atoms with Gasteiger partial charge in [0.2, 0.25) is 0 Å². The van der Waals surface area contributed by atoms with Crippen LogP contribution in [0.2, 0.25) is 0 Å². The second kappa shape index (κ2) is 5.52. The van der Waals surface area contributed by atoms with E-state index in [1.165, 1.54) is 5.69 Å². The minimum atomic E-state index is 0.388. The number of likely N-dealkylation sites (N-methyl/N-ethyl adjacent to an activating group) is 1. The molecule has 1 rings (SSSR count). The molecule has 84 valence electrons. The van der Waals surface area contributed by atoms with E-state index in [1.54, 1.807) is 0 Å². The van der Waals surface area contributed by atoms with Gasteiger partial charge in [-0.3, -0.25) is 0 Å². The first-order valence-electron chi connectivity index (χ1n) is 5.24. The standard InChI is InChI=1S/C12H19BrN2/c1-9(2)12(8-14)15(3)11-6-4-5-10(13)7-11/h4-7,9,12H,8,14H2,1-3H3. The summed E-state index contributed by atoms with van der Waals surface area (Å²) in [5.41, 5.74) is 7.00. The summed E-state index contributed by atoms with van der Waals surface area (Å²) in [6.07, 6.45) is 0. The average molecular weight is 271 g/mol. The molecule has 0 saturated carbocycles. The van der Waals surface area contributed by atoms with Gasteiger partial charge in [0, 0.05) is 29.8 Å². The first-order valence-corrected chi connectivity index (χ1v) is 6.04. The minimum Gasteiger partial charge on any atom is -0.370 e. The van der Waals surface area contributed by atoms with Crippen LogP contribution in [-0.2, 0) is 0 Å². The Hall–Kier alpha value is -0.540. The highest BCUT2D eigenvalue weighted by Gasteiger charge is 2.17. The molecule has 1 aromatic carbocycles. The highest BCUT2D eigenvalue weighted by atomic mass is 79.9. The van der Waals surface area contributed by atoms with Gasteiger partial charge in [0.05, 0.1) is 0 Å². The molecule has 15 heavy (non-hydrogen) atoms. The van der Waals surface area contributed by atoms with Crippen LogP contribution in [0.3, 0.4) is 0 Å². The van der Waals surface area contributed by atoms with Crippen molar-refractivity contribution in [2.75, 3.05) is 18.5 Å². The number of rotatable bonds is 4. The quantitative estimate of drug-likeness (QED) is 0.912. The van der Waals surface area contributed by atoms with E-state index in [2.05, 4.69) is 53.9 Å². The van der Waals surface area contributed by atoms with Gasteiger partial charge in [-0.05, 0) is 24.1 Å². The maximum atomic E-state index is 5.80. The number of halogens is 1. The molecule has 0 saturated heterocycles. The third-order valence-electron chi connectivity index (χ3n) is 2.72. The number of nitrogens with zero attached hydrogens (tertiary/aromatic N) is 1. The first kappa shape index (κ1) is 12.5. The number of nitrogens with two attached hydrogens (primary N) is 1. The molecule has 0 amide bonds. The van der Waals surface area contributed by atoms with Crippen LogP contribution in [-0.4, -0.2) is 19.6 Å². The van der Waals surface area contributed by atoms with E-state index < -0.39 is 0 Å². The maximum absolute atomic E-state index is 5.80. The Morgan fingerprint density at radius 3 is 2.53 bits per heavy atom. The SMILES string of the molecule is CC(C)C(CN)N(C)c1cccc(Br)c1. The predicted octanol–water partition coefficient (Wildman–Crippen LogP) is 2.87. The van der Waals surface area contributed by atoms with Gasteiger partial charge in [-0.1, -0.05) is 35.8 Å². The van der Waals surface area contributed by atoms with E-state index in [9.17, 15) is 0 Å². The highest BCUT2D eigenvalue weighted by Crippen LogP contribution is 2.22. The smallest absolute Gasteiger partial charge is 0.0431 e. The summed E-state index contributed by atoms with van der Waals surface area (Å²) in [5.74, 6) is 0.555. The minimum absolute atomic E-state index is 0.388. The van der Waals surface area contributed by atoms with Gasteiger partial charge in [-0.15, -0.1) is 0 Å². The zero-order chi connectivity index (χ0) is 11.4.